The summed E-state index contributed by atoms with van der Waals surface area (Å²) in [6, 6.07) is 11.3. The van der Waals surface area contributed by atoms with Gasteiger partial charge in [0, 0.05) is 18.1 Å². The second-order valence-electron chi connectivity index (χ2n) is 6.38. The monoisotopic (exact) mass is 336 g/mol. The first-order chi connectivity index (χ1) is 12.0. The van der Waals surface area contributed by atoms with Gasteiger partial charge in [-0.2, -0.15) is 0 Å². The fraction of sp³-hybridized carbons (Fsp3) is 0.200. The molecule has 1 aliphatic rings. The molecule has 1 unspecified atom stereocenters. The number of aromatic nitrogens is 1. The highest BCUT2D eigenvalue weighted by Gasteiger charge is 2.21. The summed E-state index contributed by atoms with van der Waals surface area (Å²) >= 11 is 0. The van der Waals surface area contributed by atoms with Crippen LogP contribution in [0.1, 0.15) is 34.5 Å². The molecular formula is C20H17FN2O2. The number of pyridine rings is 1. The van der Waals surface area contributed by atoms with E-state index in [0.717, 1.165) is 29.6 Å². The largest absolute Gasteiger partial charge is 0.346 e. The van der Waals surface area contributed by atoms with Crippen molar-refractivity contribution < 1.29 is 9.18 Å². The van der Waals surface area contributed by atoms with Gasteiger partial charge in [-0.15, -0.1) is 0 Å². The molecule has 2 aromatic carbocycles. The molecule has 5 heteroatoms. The number of aryl methyl sites for hydroxylation is 2. The summed E-state index contributed by atoms with van der Waals surface area (Å²) in [4.78, 5) is 25.4. The van der Waals surface area contributed by atoms with E-state index in [9.17, 15) is 14.0 Å². The molecule has 2 heterocycles. The summed E-state index contributed by atoms with van der Waals surface area (Å²) in [7, 11) is 0. The molecule has 0 radical (unpaired) electrons. The third kappa shape index (κ3) is 2.61. The van der Waals surface area contributed by atoms with E-state index >= 15 is 0 Å². The molecule has 1 N–H and O–H groups in total. The van der Waals surface area contributed by atoms with Gasteiger partial charge in [-0.1, -0.05) is 24.3 Å². The van der Waals surface area contributed by atoms with E-state index in [4.69, 9.17) is 0 Å². The van der Waals surface area contributed by atoms with Crippen LogP contribution in [0.2, 0.25) is 0 Å². The standard InChI is InChI=1S/C20H17FN2O2/c1-12(13-5-7-15(21)8-6-13)22-20(25)17-11-23-10-9-14-3-2-4-16(18(14)23)19(17)24/h2-8,11-12H,9-10H2,1H3,(H,22,25). The van der Waals surface area contributed by atoms with Gasteiger partial charge in [-0.05, 0) is 42.7 Å². The zero-order chi connectivity index (χ0) is 17.6. The normalized spacial score (nSPS) is 13.8. The third-order valence-electron chi connectivity index (χ3n) is 4.77. The molecule has 0 spiro atoms. The molecule has 0 saturated carbocycles. The van der Waals surface area contributed by atoms with Crippen molar-refractivity contribution in [3.63, 3.8) is 0 Å². The molecule has 25 heavy (non-hydrogen) atoms. The molecule has 3 aromatic rings. The number of nitrogens with one attached hydrogen (secondary N) is 1. The van der Waals surface area contributed by atoms with Crippen molar-refractivity contribution >= 4 is 16.8 Å². The van der Waals surface area contributed by atoms with Crippen LogP contribution in [0.5, 0.6) is 0 Å². The summed E-state index contributed by atoms with van der Waals surface area (Å²) in [5.74, 6) is -0.737. The van der Waals surface area contributed by atoms with Crippen LogP contribution >= 0.6 is 0 Å². The van der Waals surface area contributed by atoms with Crippen LogP contribution in [0.3, 0.4) is 0 Å². The molecule has 4 rings (SSSR count). The lowest BCUT2D eigenvalue weighted by atomic mass is 10.1. The SMILES string of the molecule is CC(NC(=O)c1cn2c3c(cccc3c1=O)CC2)c1ccc(F)cc1. The summed E-state index contributed by atoms with van der Waals surface area (Å²) < 4.78 is 15.0. The Bertz CT molecular complexity index is 1040. The van der Waals surface area contributed by atoms with Crippen LogP contribution in [-0.2, 0) is 13.0 Å². The van der Waals surface area contributed by atoms with E-state index in [1.54, 1.807) is 31.3 Å². The summed E-state index contributed by atoms with van der Waals surface area (Å²) in [5, 5.41) is 3.41. The fourth-order valence-electron chi connectivity index (χ4n) is 3.43. The highest BCUT2D eigenvalue weighted by molar-refractivity contribution is 5.98. The Kier molecular flexibility index (Phi) is 3.64. The highest BCUT2D eigenvalue weighted by atomic mass is 19.1. The van der Waals surface area contributed by atoms with E-state index in [1.807, 2.05) is 16.7 Å². The van der Waals surface area contributed by atoms with Gasteiger partial charge >= 0.3 is 0 Å². The van der Waals surface area contributed by atoms with Crippen molar-refractivity contribution in [3.8, 4) is 0 Å². The number of benzene rings is 2. The maximum atomic E-state index is 13.0. The Morgan fingerprint density at radius 2 is 1.96 bits per heavy atom. The lowest BCUT2D eigenvalue weighted by Gasteiger charge is -2.15. The number of nitrogens with zero attached hydrogens (tertiary/aromatic N) is 1. The first-order valence-corrected chi connectivity index (χ1v) is 8.26. The molecule has 0 fully saturated rings. The third-order valence-corrected chi connectivity index (χ3v) is 4.77. The maximum absolute atomic E-state index is 13.0. The fourth-order valence-corrected chi connectivity index (χ4v) is 3.43. The minimum absolute atomic E-state index is 0.139. The molecular weight excluding hydrogens is 319 g/mol. The first-order valence-electron chi connectivity index (χ1n) is 8.26. The second-order valence-corrected chi connectivity index (χ2v) is 6.38. The molecule has 1 atom stereocenters. The van der Waals surface area contributed by atoms with Gasteiger partial charge in [0.1, 0.15) is 11.4 Å². The summed E-state index contributed by atoms with van der Waals surface area (Å²) in [6.45, 7) is 2.57. The predicted octanol–water partition coefficient (Wildman–Crippen LogP) is 3.19. The number of halogens is 1. The maximum Gasteiger partial charge on any atom is 0.257 e. The number of hydrogen-bond donors (Lipinski definition) is 1. The van der Waals surface area contributed by atoms with Crippen molar-refractivity contribution in [1.82, 2.24) is 9.88 Å². The molecule has 4 nitrogen and oxygen atoms in total. The lowest BCUT2D eigenvalue weighted by molar-refractivity contribution is 0.0938. The van der Waals surface area contributed by atoms with Gasteiger partial charge in [0.25, 0.3) is 5.91 Å². The number of rotatable bonds is 3. The molecule has 1 aliphatic heterocycles. The summed E-state index contributed by atoms with van der Waals surface area (Å²) in [5.41, 5.74) is 2.73. The minimum atomic E-state index is -0.412. The van der Waals surface area contributed by atoms with Crippen LogP contribution in [0.15, 0.2) is 53.5 Å². The van der Waals surface area contributed by atoms with Gasteiger partial charge in [0.2, 0.25) is 5.43 Å². The Morgan fingerprint density at radius 1 is 1.20 bits per heavy atom. The van der Waals surface area contributed by atoms with E-state index < -0.39 is 5.91 Å². The van der Waals surface area contributed by atoms with Gasteiger partial charge in [0.05, 0.1) is 11.6 Å². The van der Waals surface area contributed by atoms with Gasteiger partial charge in [-0.3, -0.25) is 9.59 Å². The number of carbonyl (C=O) groups is 1. The molecule has 0 aliphatic carbocycles. The average Bonchev–Trinajstić information content (AvgIpc) is 3.02. The predicted molar refractivity (Wildman–Crippen MR) is 94.2 cm³/mol. The van der Waals surface area contributed by atoms with Crippen LogP contribution in [0, 0.1) is 5.82 Å². The number of hydrogen-bond acceptors (Lipinski definition) is 2. The van der Waals surface area contributed by atoms with Crippen molar-refractivity contribution in [2.75, 3.05) is 0 Å². The van der Waals surface area contributed by atoms with E-state index in [-0.39, 0.29) is 22.9 Å². The van der Waals surface area contributed by atoms with E-state index in [2.05, 4.69) is 5.32 Å². The first kappa shape index (κ1) is 15.6. The van der Waals surface area contributed by atoms with Crippen LogP contribution in [-0.4, -0.2) is 10.5 Å². The van der Waals surface area contributed by atoms with Gasteiger partial charge in [0.15, 0.2) is 0 Å². The molecule has 126 valence electrons. The summed E-state index contributed by atoms with van der Waals surface area (Å²) in [6.07, 6.45) is 2.52. The molecule has 1 aromatic heterocycles. The van der Waals surface area contributed by atoms with Crippen LogP contribution < -0.4 is 10.7 Å². The Morgan fingerprint density at radius 3 is 2.72 bits per heavy atom. The van der Waals surface area contributed by atoms with Gasteiger partial charge in [-0.25, -0.2) is 4.39 Å². The Labute approximate surface area is 143 Å². The van der Waals surface area contributed by atoms with E-state index in [1.165, 1.54) is 12.1 Å². The van der Waals surface area contributed by atoms with Crippen LogP contribution in [0.4, 0.5) is 4.39 Å². The van der Waals surface area contributed by atoms with E-state index in [0.29, 0.717) is 5.39 Å². The quantitative estimate of drug-likeness (QED) is 0.799. The van der Waals surface area contributed by atoms with Crippen molar-refractivity contribution in [2.24, 2.45) is 0 Å². The van der Waals surface area contributed by atoms with Crippen molar-refractivity contribution in [3.05, 3.63) is 81.4 Å². The second kappa shape index (κ2) is 5.84. The number of para-hydroxylation sites is 1. The topological polar surface area (TPSA) is 51.1 Å². The zero-order valence-corrected chi connectivity index (χ0v) is 13.8. The number of carbonyl (C=O) groups excluding carboxylic acids is 1. The number of amides is 1. The van der Waals surface area contributed by atoms with Crippen molar-refractivity contribution in [1.29, 1.82) is 0 Å². The molecule has 1 amide bonds. The zero-order valence-electron chi connectivity index (χ0n) is 13.8. The van der Waals surface area contributed by atoms with Gasteiger partial charge < -0.3 is 9.88 Å². The Balaban J connectivity index is 1.68. The minimum Gasteiger partial charge on any atom is -0.346 e. The molecule has 0 saturated heterocycles. The smallest absolute Gasteiger partial charge is 0.257 e. The molecule has 0 bridgehead atoms. The van der Waals surface area contributed by atoms with Crippen LogP contribution in [0.25, 0.3) is 10.9 Å². The average molecular weight is 336 g/mol. The Hall–Kier alpha value is -2.95. The lowest BCUT2D eigenvalue weighted by Crippen LogP contribution is -2.31. The van der Waals surface area contributed by atoms with Crippen molar-refractivity contribution in [2.45, 2.75) is 25.9 Å². The highest BCUT2D eigenvalue weighted by Crippen LogP contribution is 2.24.